The molecule has 2 aromatic heterocycles. The maximum atomic E-state index is 13.5. The second-order valence-corrected chi connectivity index (χ2v) is 8.62. The molecular formula is C28H27F3N6. The third-order valence-corrected chi connectivity index (χ3v) is 5.61. The van der Waals surface area contributed by atoms with Crippen LogP contribution in [0.4, 0.5) is 24.7 Å². The number of anilines is 2. The van der Waals surface area contributed by atoms with E-state index in [0.717, 1.165) is 23.5 Å². The summed E-state index contributed by atoms with van der Waals surface area (Å²) in [6.07, 6.45) is 1.82. The fraction of sp³-hybridized carbons (Fsp3) is 0.179. The van der Waals surface area contributed by atoms with E-state index < -0.39 is 11.7 Å². The van der Waals surface area contributed by atoms with Crippen molar-refractivity contribution in [2.45, 2.75) is 25.7 Å². The van der Waals surface area contributed by atoms with Gasteiger partial charge in [-0.2, -0.15) is 13.2 Å². The van der Waals surface area contributed by atoms with E-state index in [1.165, 1.54) is 6.08 Å². The normalized spacial score (nSPS) is 12.5. The Morgan fingerprint density at radius 3 is 2.51 bits per heavy atom. The quantitative estimate of drug-likeness (QED) is 0.276. The lowest BCUT2D eigenvalue weighted by Crippen LogP contribution is -2.19. The first-order chi connectivity index (χ1) is 17.8. The van der Waals surface area contributed by atoms with Crippen LogP contribution in [0.25, 0.3) is 10.9 Å². The molecule has 4 aromatic rings. The van der Waals surface area contributed by atoms with Gasteiger partial charge >= 0.3 is 6.18 Å². The molecule has 6 nitrogen and oxygen atoms in total. The van der Waals surface area contributed by atoms with Crippen molar-refractivity contribution >= 4 is 22.4 Å². The molecule has 3 N–H and O–H groups in total. The average molecular weight is 505 g/mol. The highest BCUT2D eigenvalue weighted by molar-refractivity contribution is 5.91. The van der Waals surface area contributed by atoms with E-state index >= 15 is 0 Å². The number of nitrogens with one attached hydrogen (secondary N) is 1. The Morgan fingerprint density at radius 1 is 1.00 bits per heavy atom. The Labute approximate surface area is 213 Å². The average Bonchev–Trinajstić information content (AvgIpc) is 2.87. The summed E-state index contributed by atoms with van der Waals surface area (Å²) in [5.74, 6) is 1.11. The molecule has 0 amide bonds. The van der Waals surface area contributed by atoms with Gasteiger partial charge < -0.3 is 11.1 Å². The number of aromatic nitrogens is 3. The standard InChI is InChI=1S/C28H27F3N6/c1-37(18-20-7-3-2-4-8-20)19-26-35-25-16-21(15-22(9-5-13-32)28(29,30)31)11-12-24(25)27(36-26)34-23-10-6-14-33-17-23/h2-14,16-17H,15,18-19,32H2,1H3,(H,34,35,36)/b13-5-,22-9+. The van der Waals surface area contributed by atoms with Crippen LogP contribution in [-0.2, 0) is 19.5 Å². The molecule has 0 radical (unpaired) electrons. The molecule has 0 aliphatic heterocycles. The first kappa shape index (κ1) is 25.8. The number of benzene rings is 2. The lowest BCUT2D eigenvalue weighted by Gasteiger charge is -2.18. The topological polar surface area (TPSA) is 80.0 Å². The minimum absolute atomic E-state index is 0.303. The van der Waals surface area contributed by atoms with Gasteiger partial charge in [-0.1, -0.05) is 42.5 Å². The van der Waals surface area contributed by atoms with E-state index in [-0.39, 0.29) is 6.42 Å². The number of halogens is 3. The molecule has 0 atom stereocenters. The van der Waals surface area contributed by atoms with Gasteiger partial charge in [0.15, 0.2) is 0 Å². The van der Waals surface area contributed by atoms with Crippen molar-refractivity contribution in [1.29, 1.82) is 0 Å². The fourth-order valence-electron chi connectivity index (χ4n) is 3.91. The lowest BCUT2D eigenvalue weighted by molar-refractivity contribution is -0.0931. The van der Waals surface area contributed by atoms with Crippen molar-refractivity contribution in [1.82, 2.24) is 19.9 Å². The number of nitrogens with two attached hydrogens (primary N) is 1. The minimum atomic E-state index is -4.47. The van der Waals surface area contributed by atoms with Gasteiger partial charge in [0.25, 0.3) is 0 Å². The summed E-state index contributed by atoms with van der Waals surface area (Å²) in [5.41, 5.74) is 7.48. The van der Waals surface area contributed by atoms with Crippen molar-refractivity contribution in [3.63, 3.8) is 0 Å². The number of pyridine rings is 1. The van der Waals surface area contributed by atoms with E-state index in [1.54, 1.807) is 36.7 Å². The third kappa shape index (κ3) is 7.14. The number of rotatable bonds is 9. The van der Waals surface area contributed by atoms with Crippen molar-refractivity contribution in [2.24, 2.45) is 5.73 Å². The second-order valence-electron chi connectivity index (χ2n) is 8.62. The number of nitrogens with zero attached hydrogens (tertiary/aromatic N) is 4. The number of hydrogen-bond donors (Lipinski definition) is 2. The van der Waals surface area contributed by atoms with Gasteiger partial charge in [0.2, 0.25) is 0 Å². The Kier molecular flexibility index (Phi) is 8.15. The van der Waals surface area contributed by atoms with Crippen LogP contribution in [0.1, 0.15) is 17.0 Å². The van der Waals surface area contributed by atoms with Crippen LogP contribution in [0.15, 0.2) is 97.0 Å². The number of fused-ring (bicyclic) bond motifs is 1. The Morgan fingerprint density at radius 2 is 1.81 bits per heavy atom. The molecule has 9 heteroatoms. The van der Waals surface area contributed by atoms with Crippen LogP contribution < -0.4 is 11.1 Å². The molecule has 4 rings (SSSR count). The summed E-state index contributed by atoms with van der Waals surface area (Å²) < 4.78 is 40.6. The summed E-state index contributed by atoms with van der Waals surface area (Å²) in [6, 6.07) is 18.8. The van der Waals surface area contributed by atoms with Crippen LogP contribution in [0.5, 0.6) is 0 Å². The second kappa shape index (κ2) is 11.7. The molecule has 37 heavy (non-hydrogen) atoms. The third-order valence-electron chi connectivity index (χ3n) is 5.61. The molecular weight excluding hydrogens is 477 g/mol. The van der Waals surface area contributed by atoms with Crippen LogP contribution in [-0.4, -0.2) is 33.1 Å². The number of alkyl halides is 3. The van der Waals surface area contributed by atoms with Crippen molar-refractivity contribution in [3.05, 3.63) is 114 Å². The van der Waals surface area contributed by atoms with E-state index in [0.29, 0.717) is 41.2 Å². The summed E-state index contributed by atoms with van der Waals surface area (Å²) in [4.78, 5) is 15.7. The first-order valence-electron chi connectivity index (χ1n) is 11.7. The van der Waals surface area contributed by atoms with Crippen molar-refractivity contribution < 1.29 is 13.2 Å². The van der Waals surface area contributed by atoms with Gasteiger partial charge in [-0.05, 0) is 54.7 Å². The zero-order valence-corrected chi connectivity index (χ0v) is 20.3. The van der Waals surface area contributed by atoms with Crippen LogP contribution in [0.3, 0.4) is 0 Å². The monoisotopic (exact) mass is 504 g/mol. The Bertz CT molecular complexity index is 1390. The Hall–Kier alpha value is -4.24. The smallest absolute Gasteiger partial charge is 0.405 e. The summed E-state index contributed by atoms with van der Waals surface area (Å²) >= 11 is 0. The molecule has 2 heterocycles. The first-order valence-corrected chi connectivity index (χ1v) is 11.7. The number of allylic oxidation sites excluding steroid dienone is 3. The van der Waals surface area contributed by atoms with Crippen LogP contribution in [0.2, 0.25) is 0 Å². The zero-order chi connectivity index (χ0) is 26.3. The van der Waals surface area contributed by atoms with E-state index in [9.17, 15) is 13.2 Å². The van der Waals surface area contributed by atoms with E-state index in [4.69, 9.17) is 15.7 Å². The molecule has 0 spiro atoms. The summed E-state index contributed by atoms with van der Waals surface area (Å²) in [6.45, 7) is 1.15. The molecule has 0 saturated heterocycles. The molecule has 190 valence electrons. The molecule has 0 saturated carbocycles. The molecule has 0 bridgehead atoms. The van der Waals surface area contributed by atoms with Gasteiger partial charge in [0.1, 0.15) is 11.6 Å². The SMILES string of the molecule is CN(Cc1ccccc1)Cc1nc(Nc2cccnc2)c2ccc(C/C(=C\C=C/N)C(F)(F)F)cc2n1. The molecule has 2 aromatic carbocycles. The maximum Gasteiger partial charge on any atom is 0.413 e. The Balaban J connectivity index is 1.69. The van der Waals surface area contributed by atoms with Crippen LogP contribution >= 0.6 is 0 Å². The predicted molar refractivity (Wildman–Crippen MR) is 140 cm³/mol. The van der Waals surface area contributed by atoms with E-state index in [1.807, 2.05) is 43.4 Å². The molecule has 0 fully saturated rings. The summed E-state index contributed by atoms with van der Waals surface area (Å²) in [7, 11) is 1.97. The molecule has 0 aliphatic carbocycles. The highest BCUT2D eigenvalue weighted by atomic mass is 19.4. The maximum absolute atomic E-state index is 13.5. The zero-order valence-electron chi connectivity index (χ0n) is 20.3. The van der Waals surface area contributed by atoms with Gasteiger partial charge in [-0.3, -0.25) is 9.88 Å². The van der Waals surface area contributed by atoms with Crippen molar-refractivity contribution in [2.75, 3.05) is 12.4 Å². The highest BCUT2D eigenvalue weighted by Crippen LogP contribution is 2.31. The van der Waals surface area contributed by atoms with E-state index in [2.05, 4.69) is 15.2 Å². The lowest BCUT2D eigenvalue weighted by atomic mass is 10.0. The molecule has 0 aliphatic rings. The largest absolute Gasteiger partial charge is 0.413 e. The van der Waals surface area contributed by atoms with Gasteiger partial charge in [0, 0.05) is 30.1 Å². The number of hydrogen-bond acceptors (Lipinski definition) is 6. The minimum Gasteiger partial charge on any atom is -0.405 e. The fourth-order valence-corrected chi connectivity index (χ4v) is 3.91. The predicted octanol–water partition coefficient (Wildman–Crippen LogP) is 5.90. The van der Waals surface area contributed by atoms with Gasteiger partial charge in [-0.15, -0.1) is 0 Å². The molecule has 0 unspecified atom stereocenters. The highest BCUT2D eigenvalue weighted by Gasteiger charge is 2.33. The van der Waals surface area contributed by atoms with Crippen LogP contribution in [0, 0.1) is 0 Å². The van der Waals surface area contributed by atoms with Gasteiger partial charge in [-0.25, -0.2) is 9.97 Å². The van der Waals surface area contributed by atoms with Gasteiger partial charge in [0.05, 0.1) is 23.9 Å². The van der Waals surface area contributed by atoms with Crippen molar-refractivity contribution in [3.8, 4) is 0 Å². The summed E-state index contributed by atoms with van der Waals surface area (Å²) in [5, 5.41) is 3.97.